The minimum atomic E-state index is 0.333. The third-order valence-corrected chi connectivity index (χ3v) is 5.65. The van der Waals surface area contributed by atoms with E-state index < -0.39 is 0 Å². The van der Waals surface area contributed by atoms with E-state index in [1.807, 2.05) is 43.3 Å². The average Bonchev–Trinajstić information content (AvgIpc) is 3.05. The molecule has 0 bridgehead atoms. The Bertz CT molecular complexity index is 960. The van der Waals surface area contributed by atoms with Crippen LogP contribution >= 0.6 is 11.6 Å². The molecule has 28 heavy (non-hydrogen) atoms. The highest BCUT2D eigenvalue weighted by molar-refractivity contribution is 6.30. The molecule has 1 aliphatic rings. The van der Waals surface area contributed by atoms with Crippen molar-refractivity contribution in [3.63, 3.8) is 0 Å². The van der Waals surface area contributed by atoms with Crippen molar-refractivity contribution < 1.29 is 0 Å². The second kappa shape index (κ2) is 7.93. The third kappa shape index (κ3) is 3.77. The summed E-state index contributed by atoms with van der Waals surface area (Å²) in [5, 5.41) is 4.12. The molecule has 0 amide bonds. The molecule has 0 saturated heterocycles. The van der Waals surface area contributed by atoms with Crippen LogP contribution in [0.4, 0.5) is 17.6 Å². The summed E-state index contributed by atoms with van der Waals surface area (Å²) in [6.07, 6.45) is 6.19. The first-order valence-electron chi connectivity index (χ1n) is 9.70. The molecule has 1 fully saturated rings. The number of imidazole rings is 1. The first-order chi connectivity index (χ1) is 13.5. The summed E-state index contributed by atoms with van der Waals surface area (Å²) in [6.45, 7) is 0.762. The molecule has 2 aromatic heterocycles. The molecule has 3 N–H and O–H groups in total. The van der Waals surface area contributed by atoms with Gasteiger partial charge in [-0.3, -0.25) is 4.57 Å². The van der Waals surface area contributed by atoms with Crippen LogP contribution in [-0.4, -0.2) is 40.2 Å². The van der Waals surface area contributed by atoms with Gasteiger partial charge in [-0.1, -0.05) is 17.7 Å². The molecule has 0 unspecified atom stereocenters. The molecule has 1 saturated carbocycles. The summed E-state index contributed by atoms with van der Waals surface area (Å²) < 4.78 is 2.23. The number of anilines is 3. The first-order valence-corrected chi connectivity index (χ1v) is 10.1. The number of hydrogen-bond acceptors (Lipinski definition) is 6. The van der Waals surface area contributed by atoms with Gasteiger partial charge in [0.2, 0.25) is 11.9 Å². The van der Waals surface area contributed by atoms with Crippen LogP contribution in [0.15, 0.2) is 30.5 Å². The number of aromatic nitrogens is 4. The van der Waals surface area contributed by atoms with Gasteiger partial charge < -0.3 is 16.0 Å². The molecule has 148 valence electrons. The molecular weight excluding hydrogens is 374 g/mol. The zero-order valence-corrected chi connectivity index (χ0v) is 17.0. The Balaban J connectivity index is 1.77. The van der Waals surface area contributed by atoms with Crippen LogP contribution in [0.25, 0.3) is 11.2 Å². The molecule has 0 radical (unpaired) electrons. The highest BCUT2D eigenvalue weighted by Gasteiger charge is 2.26. The van der Waals surface area contributed by atoms with Gasteiger partial charge in [-0.05, 0) is 56.3 Å². The van der Waals surface area contributed by atoms with Gasteiger partial charge in [0.25, 0.3) is 0 Å². The van der Waals surface area contributed by atoms with Gasteiger partial charge >= 0.3 is 0 Å². The fourth-order valence-electron chi connectivity index (χ4n) is 3.87. The number of halogens is 1. The van der Waals surface area contributed by atoms with Crippen LogP contribution in [0.1, 0.15) is 31.7 Å². The smallest absolute Gasteiger partial charge is 0.226 e. The SMILES string of the molecule is CN(C)c1ncc2nc(Nc3cccc(Cl)c3)n([C@H]3CC[C@@H](CN)CC3)c2n1. The summed E-state index contributed by atoms with van der Waals surface area (Å²) in [4.78, 5) is 15.9. The van der Waals surface area contributed by atoms with Gasteiger partial charge in [0.05, 0.1) is 6.20 Å². The number of nitrogens with two attached hydrogens (primary N) is 1. The van der Waals surface area contributed by atoms with Crippen molar-refractivity contribution in [2.75, 3.05) is 30.9 Å². The maximum Gasteiger partial charge on any atom is 0.226 e. The summed E-state index contributed by atoms with van der Waals surface area (Å²) in [6, 6.07) is 8.00. The van der Waals surface area contributed by atoms with Crippen molar-refractivity contribution in [2.45, 2.75) is 31.7 Å². The fourth-order valence-corrected chi connectivity index (χ4v) is 4.06. The summed E-state index contributed by atoms with van der Waals surface area (Å²) in [7, 11) is 3.89. The zero-order valence-electron chi connectivity index (χ0n) is 16.3. The summed E-state index contributed by atoms with van der Waals surface area (Å²) in [5.41, 5.74) is 8.44. The lowest BCUT2D eigenvalue weighted by Crippen LogP contribution is -2.24. The molecule has 4 rings (SSSR count). The van der Waals surface area contributed by atoms with Crippen molar-refractivity contribution in [1.82, 2.24) is 19.5 Å². The molecular formula is C20H26ClN7. The fraction of sp³-hybridized carbons (Fsp3) is 0.450. The number of hydrogen-bond donors (Lipinski definition) is 2. The number of benzene rings is 1. The van der Waals surface area contributed by atoms with Gasteiger partial charge in [-0.2, -0.15) is 4.98 Å². The average molecular weight is 400 g/mol. The second-order valence-electron chi connectivity index (χ2n) is 7.62. The monoisotopic (exact) mass is 399 g/mol. The predicted octanol–water partition coefficient (Wildman–Crippen LogP) is 3.98. The lowest BCUT2D eigenvalue weighted by atomic mass is 9.86. The molecule has 0 aliphatic heterocycles. The Morgan fingerprint density at radius 1 is 1.21 bits per heavy atom. The standard InChI is InChI=1S/C20H26ClN7/c1-27(2)19-23-12-17-18(26-19)28(16-8-6-13(11-22)7-9-16)20(25-17)24-15-5-3-4-14(21)10-15/h3-5,10,12-13,16H,6-9,11,22H2,1-2H3,(H,24,25)/t13-,16+. The lowest BCUT2D eigenvalue weighted by molar-refractivity contribution is 0.284. The van der Waals surface area contributed by atoms with E-state index in [2.05, 4.69) is 14.9 Å². The van der Waals surface area contributed by atoms with E-state index in [9.17, 15) is 0 Å². The zero-order chi connectivity index (χ0) is 19.7. The molecule has 3 aromatic rings. The number of rotatable bonds is 5. The number of fused-ring (bicyclic) bond motifs is 1. The molecule has 2 heterocycles. The summed E-state index contributed by atoms with van der Waals surface area (Å²) in [5.74, 6) is 2.07. The van der Waals surface area contributed by atoms with E-state index in [0.29, 0.717) is 22.9 Å². The van der Waals surface area contributed by atoms with Crippen LogP contribution in [0, 0.1) is 5.92 Å². The highest BCUT2D eigenvalue weighted by Crippen LogP contribution is 2.36. The van der Waals surface area contributed by atoms with Gasteiger partial charge in [-0.25, -0.2) is 9.97 Å². The van der Waals surface area contributed by atoms with Crippen LogP contribution in [-0.2, 0) is 0 Å². The Labute approximate surface area is 169 Å². The maximum atomic E-state index is 6.16. The predicted molar refractivity (Wildman–Crippen MR) is 114 cm³/mol. The van der Waals surface area contributed by atoms with Crippen molar-refractivity contribution >= 4 is 40.3 Å². The van der Waals surface area contributed by atoms with Crippen LogP contribution < -0.4 is 16.0 Å². The van der Waals surface area contributed by atoms with Gasteiger partial charge in [0.15, 0.2) is 5.65 Å². The Morgan fingerprint density at radius 3 is 2.68 bits per heavy atom. The Kier molecular flexibility index (Phi) is 5.37. The van der Waals surface area contributed by atoms with Gasteiger partial charge in [0, 0.05) is 30.8 Å². The second-order valence-corrected chi connectivity index (χ2v) is 8.06. The van der Waals surface area contributed by atoms with Crippen molar-refractivity contribution in [3.8, 4) is 0 Å². The minimum absolute atomic E-state index is 0.333. The third-order valence-electron chi connectivity index (χ3n) is 5.42. The Hall–Kier alpha value is -2.38. The van der Waals surface area contributed by atoms with E-state index in [0.717, 1.165) is 55.0 Å². The Morgan fingerprint density at radius 2 is 2.00 bits per heavy atom. The molecule has 0 atom stereocenters. The molecule has 1 aromatic carbocycles. The van der Waals surface area contributed by atoms with Gasteiger partial charge in [0.1, 0.15) is 5.52 Å². The molecule has 7 nitrogen and oxygen atoms in total. The maximum absolute atomic E-state index is 6.16. The van der Waals surface area contributed by atoms with Crippen LogP contribution in [0.5, 0.6) is 0 Å². The summed E-state index contributed by atoms with van der Waals surface area (Å²) >= 11 is 6.16. The van der Waals surface area contributed by atoms with E-state index >= 15 is 0 Å². The highest BCUT2D eigenvalue weighted by atomic mass is 35.5. The van der Waals surface area contributed by atoms with Gasteiger partial charge in [-0.15, -0.1) is 0 Å². The van der Waals surface area contributed by atoms with Crippen molar-refractivity contribution in [3.05, 3.63) is 35.5 Å². The number of nitrogens with zero attached hydrogens (tertiary/aromatic N) is 5. The van der Waals surface area contributed by atoms with E-state index in [1.54, 1.807) is 6.20 Å². The first kappa shape index (κ1) is 19.0. The molecule has 1 aliphatic carbocycles. The van der Waals surface area contributed by atoms with E-state index in [1.165, 1.54) is 0 Å². The minimum Gasteiger partial charge on any atom is -0.347 e. The topological polar surface area (TPSA) is 84.9 Å². The number of nitrogens with one attached hydrogen (secondary N) is 1. The van der Waals surface area contributed by atoms with Crippen LogP contribution in [0.3, 0.4) is 0 Å². The molecule has 0 spiro atoms. The van der Waals surface area contributed by atoms with E-state index in [-0.39, 0.29) is 0 Å². The van der Waals surface area contributed by atoms with E-state index in [4.69, 9.17) is 27.3 Å². The van der Waals surface area contributed by atoms with Crippen molar-refractivity contribution in [1.29, 1.82) is 0 Å². The largest absolute Gasteiger partial charge is 0.347 e. The lowest BCUT2D eigenvalue weighted by Gasteiger charge is -2.29. The normalized spacial score (nSPS) is 19.7. The van der Waals surface area contributed by atoms with Crippen LogP contribution in [0.2, 0.25) is 5.02 Å². The van der Waals surface area contributed by atoms with Crippen molar-refractivity contribution in [2.24, 2.45) is 11.7 Å². The molecule has 8 heteroatoms. The quantitative estimate of drug-likeness (QED) is 0.675.